The van der Waals surface area contributed by atoms with Crippen molar-refractivity contribution in [3.63, 3.8) is 0 Å². The van der Waals surface area contributed by atoms with Gasteiger partial charge in [-0.3, -0.25) is 0 Å². The van der Waals surface area contributed by atoms with E-state index in [9.17, 15) is 26.0 Å². The highest BCUT2D eigenvalue weighted by atomic mass is 32.2. The van der Waals surface area contributed by atoms with Gasteiger partial charge in [-0.05, 0) is 45.1 Å². The number of piperidine rings is 1. The Bertz CT molecular complexity index is 1120. The summed E-state index contributed by atoms with van der Waals surface area (Å²) in [5.74, 6) is -0.541. The molecule has 2 heterocycles. The van der Waals surface area contributed by atoms with Crippen LogP contribution in [0.4, 0.5) is 35.1 Å². The van der Waals surface area contributed by atoms with Crippen molar-refractivity contribution in [2.24, 2.45) is 0 Å². The molecule has 194 valence electrons. The molecule has 1 aromatic heterocycles. The first-order valence-electron chi connectivity index (χ1n) is 10.7. The number of hydrogen-bond donors (Lipinski definition) is 2. The molecule has 0 bridgehead atoms. The number of rotatable bonds is 9. The van der Waals surface area contributed by atoms with Gasteiger partial charge in [-0.15, -0.1) is 0 Å². The van der Waals surface area contributed by atoms with E-state index in [0.717, 1.165) is 6.26 Å². The van der Waals surface area contributed by atoms with E-state index in [0.29, 0.717) is 30.6 Å². The van der Waals surface area contributed by atoms with Crippen LogP contribution in [0.2, 0.25) is 0 Å². The van der Waals surface area contributed by atoms with Gasteiger partial charge in [-0.1, -0.05) is 0 Å². The molecule has 0 radical (unpaired) electrons. The lowest BCUT2D eigenvalue weighted by atomic mass is 10.1. The molecule has 3 rings (SSSR count). The van der Waals surface area contributed by atoms with Gasteiger partial charge in [0.2, 0.25) is 21.9 Å². The van der Waals surface area contributed by atoms with Gasteiger partial charge in [0, 0.05) is 36.9 Å². The second kappa shape index (κ2) is 10.9. The number of sulfonamides is 1. The van der Waals surface area contributed by atoms with Crippen molar-refractivity contribution in [2.75, 3.05) is 50.7 Å². The number of halogens is 4. The molecule has 2 aromatic rings. The number of ether oxygens (including phenoxy) is 1. The standard InChI is InChI=1S/C20H27F4N7O3S/c1-30(2)11-13-10-15(4-5-16(13)21)26-18-27-17(28-19(29-18)34-12-20(22,23)24)25-14-6-8-31(9-7-14)35(3,32)33/h4-5,10,14H,6-9,11-12H2,1-3H3,(H2,25,26,27,28,29). The van der Waals surface area contributed by atoms with E-state index in [4.69, 9.17) is 4.74 Å². The zero-order valence-electron chi connectivity index (χ0n) is 19.4. The van der Waals surface area contributed by atoms with E-state index in [2.05, 4.69) is 25.6 Å². The van der Waals surface area contributed by atoms with Gasteiger partial charge in [-0.2, -0.15) is 28.1 Å². The zero-order valence-corrected chi connectivity index (χ0v) is 20.2. The molecule has 10 nitrogen and oxygen atoms in total. The van der Waals surface area contributed by atoms with Crippen LogP contribution in [0.5, 0.6) is 6.01 Å². The number of aromatic nitrogens is 3. The second-order valence-electron chi connectivity index (χ2n) is 8.42. The number of alkyl halides is 3. The van der Waals surface area contributed by atoms with E-state index >= 15 is 0 Å². The van der Waals surface area contributed by atoms with Gasteiger partial charge in [0.05, 0.1) is 6.26 Å². The molecule has 1 aromatic carbocycles. The molecule has 35 heavy (non-hydrogen) atoms. The summed E-state index contributed by atoms with van der Waals surface area (Å²) in [6, 6.07) is 3.49. The van der Waals surface area contributed by atoms with Crippen molar-refractivity contribution >= 4 is 27.6 Å². The molecule has 0 saturated carbocycles. The Balaban J connectivity index is 1.80. The Kier molecular flexibility index (Phi) is 8.33. The van der Waals surface area contributed by atoms with Crippen molar-refractivity contribution < 1.29 is 30.7 Å². The highest BCUT2D eigenvalue weighted by Crippen LogP contribution is 2.23. The molecule has 1 fully saturated rings. The topological polar surface area (TPSA) is 113 Å². The molecular formula is C20H27F4N7O3S. The molecule has 0 atom stereocenters. The molecule has 1 saturated heterocycles. The van der Waals surface area contributed by atoms with Crippen molar-refractivity contribution in [3.05, 3.63) is 29.6 Å². The molecule has 1 aliphatic rings. The molecule has 0 amide bonds. The van der Waals surface area contributed by atoms with Crippen LogP contribution in [0.3, 0.4) is 0 Å². The molecule has 2 N–H and O–H groups in total. The minimum Gasteiger partial charge on any atom is -0.454 e. The van der Waals surface area contributed by atoms with Gasteiger partial charge in [-0.25, -0.2) is 17.1 Å². The van der Waals surface area contributed by atoms with Crippen molar-refractivity contribution in [1.82, 2.24) is 24.2 Å². The molecule has 0 spiro atoms. The van der Waals surface area contributed by atoms with E-state index in [1.165, 1.54) is 16.4 Å². The summed E-state index contributed by atoms with van der Waals surface area (Å²) in [7, 11) is 0.264. The fourth-order valence-corrected chi connectivity index (χ4v) is 4.32. The summed E-state index contributed by atoms with van der Waals surface area (Å²) >= 11 is 0. The van der Waals surface area contributed by atoms with Crippen LogP contribution in [-0.2, 0) is 16.6 Å². The molecule has 15 heteroatoms. The summed E-state index contributed by atoms with van der Waals surface area (Å²) in [5, 5.41) is 5.86. The van der Waals surface area contributed by atoms with E-state index in [-0.39, 0.29) is 31.0 Å². The summed E-state index contributed by atoms with van der Waals surface area (Å²) in [6.45, 7) is -0.688. The summed E-state index contributed by atoms with van der Waals surface area (Å²) in [5.41, 5.74) is 0.821. The Labute approximate surface area is 200 Å². The maximum Gasteiger partial charge on any atom is 0.422 e. The lowest BCUT2D eigenvalue weighted by Crippen LogP contribution is -2.42. The smallest absolute Gasteiger partial charge is 0.422 e. The predicted molar refractivity (Wildman–Crippen MR) is 122 cm³/mol. The Hall–Kier alpha value is -2.78. The lowest BCUT2D eigenvalue weighted by molar-refractivity contribution is -0.154. The third-order valence-electron chi connectivity index (χ3n) is 5.02. The molecule has 1 aliphatic heterocycles. The number of anilines is 3. The maximum absolute atomic E-state index is 14.1. The maximum atomic E-state index is 14.1. The molecule has 0 aliphatic carbocycles. The third-order valence-corrected chi connectivity index (χ3v) is 6.33. The Morgan fingerprint density at radius 3 is 2.40 bits per heavy atom. The zero-order chi connectivity index (χ0) is 25.8. The highest BCUT2D eigenvalue weighted by Gasteiger charge is 2.30. The summed E-state index contributed by atoms with van der Waals surface area (Å²) in [6.07, 6.45) is -2.56. The van der Waals surface area contributed by atoms with E-state index in [1.54, 1.807) is 25.1 Å². The monoisotopic (exact) mass is 521 g/mol. The fraction of sp³-hybridized carbons (Fsp3) is 0.550. The lowest BCUT2D eigenvalue weighted by Gasteiger charge is -2.30. The van der Waals surface area contributed by atoms with Gasteiger partial charge in [0.1, 0.15) is 5.82 Å². The highest BCUT2D eigenvalue weighted by molar-refractivity contribution is 7.88. The number of nitrogens with one attached hydrogen (secondary N) is 2. The van der Waals surface area contributed by atoms with Gasteiger partial charge < -0.3 is 20.3 Å². The number of benzene rings is 1. The predicted octanol–water partition coefficient (Wildman–Crippen LogP) is 2.59. The SMILES string of the molecule is CN(C)Cc1cc(Nc2nc(NC3CCN(S(C)(=O)=O)CC3)nc(OCC(F)(F)F)n2)ccc1F. The first-order chi connectivity index (χ1) is 16.3. The van der Waals surface area contributed by atoms with E-state index in [1.807, 2.05) is 0 Å². The first-order valence-corrected chi connectivity index (χ1v) is 12.5. The fourth-order valence-electron chi connectivity index (χ4n) is 3.45. The number of nitrogens with zero attached hydrogens (tertiary/aromatic N) is 5. The number of hydrogen-bond acceptors (Lipinski definition) is 9. The second-order valence-corrected chi connectivity index (χ2v) is 10.4. The van der Waals surface area contributed by atoms with Crippen molar-refractivity contribution in [1.29, 1.82) is 0 Å². The van der Waals surface area contributed by atoms with Gasteiger partial charge in [0.15, 0.2) is 6.61 Å². The third kappa shape index (κ3) is 8.43. The van der Waals surface area contributed by atoms with Crippen LogP contribution in [-0.4, -0.2) is 84.8 Å². The van der Waals surface area contributed by atoms with Gasteiger partial charge >= 0.3 is 12.2 Å². The molecular weight excluding hydrogens is 494 g/mol. The molecule has 0 unspecified atom stereocenters. The summed E-state index contributed by atoms with van der Waals surface area (Å²) in [4.78, 5) is 13.8. The van der Waals surface area contributed by atoms with E-state index < -0.39 is 34.6 Å². The van der Waals surface area contributed by atoms with Crippen LogP contribution in [0.1, 0.15) is 18.4 Å². The van der Waals surface area contributed by atoms with Crippen LogP contribution < -0.4 is 15.4 Å². The Morgan fingerprint density at radius 1 is 1.14 bits per heavy atom. The normalized spacial score (nSPS) is 15.9. The average molecular weight is 522 g/mol. The first kappa shape index (κ1) is 26.8. The van der Waals surface area contributed by atoms with Crippen LogP contribution in [0.25, 0.3) is 0 Å². The largest absolute Gasteiger partial charge is 0.454 e. The summed E-state index contributed by atoms with van der Waals surface area (Å²) < 4.78 is 81.5. The van der Waals surface area contributed by atoms with Crippen LogP contribution in [0, 0.1) is 5.82 Å². The van der Waals surface area contributed by atoms with Crippen LogP contribution in [0.15, 0.2) is 18.2 Å². The Morgan fingerprint density at radius 2 is 1.80 bits per heavy atom. The average Bonchev–Trinajstić information content (AvgIpc) is 2.73. The quantitative estimate of drug-likeness (QED) is 0.481. The van der Waals surface area contributed by atoms with Crippen molar-refractivity contribution in [3.8, 4) is 6.01 Å². The van der Waals surface area contributed by atoms with Crippen molar-refractivity contribution in [2.45, 2.75) is 31.6 Å². The minimum absolute atomic E-state index is 0.0342. The van der Waals surface area contributed by atoms with Crippen LogP contribution >= 0.6 is 0 Å². The minimum atomic E-state index is -4.59. The van der Waals surface area contributed by atoms with Gasteiger partial charge in [0.25, 0.3) is 0 Å².